The zero-order chi connectivity index (χ0) is 18.1. The fraction of sp³-hybridized carbons (Fsp3) is 0.400. The van der Waals surface area contributed by atoms with E-state index in [0.29, 0.717) is 5.92 Å². The first-order valence-electron chi connectivity index (χ1n) is 9.11. The molecular formula is C20H24ClN5. The first-order valence-corrected chi connectivity index (χ1v) is 9.48. The highest BCUT2D eigenvalue weighted by atomic mass is 35.5. The van der Waals surface area contributed by atoms with E-state index in [1.165, 1.54) is 35.2 Å². The third-order valence-electron chi connectivity index (χ3n) is 5.25. The van der Waals surface area contributed by atoms with Gasteiger partial charge in [-0.2, -0.15) is 10.2 Å². The van der Waals surface area contributed by atoms with Gasteiger partial charge in [0.05, 0.1) is 11.9 Å². The maximum Gasteiger partial charge on any atom is 0.0638 e. The van der Waals surface area contributed by atoms with Crippen molar-refractivity contribution in [1.82, 2.24) is 24.9 Å². The van der Waals surface area contributed by atoms with Crippen LogP contribution in [0.2, 0.25) is 5.02 Å². The predicted molar refractivity (Wildman–Crippen MR) is 104 cm³/mol. The summed E-state index contributed by atoms with van der Waals surface area (Å²) in [5, 5.41) is 12.8. The molecule has 0 saturated carbocycles. The Balaban J connectivity index is 1.52. The molecule has 0 radical (unpaired) electrons. The van der Waals surface area contributed by atoms with Crippen molar-refractivity contribution in [2.24, 2.45) is 7.05 Å². The van der Waals surface area contributed by atoms with Crippen molar-refractivity contribution in [1.29, 1.82) is 0 Å². The molecule has 3 heterocycles. The molecule has 0 aliphatic carbocycles. The first kappa shape index (κ1) is 17.3. The Hall–Kier alpha value is -2.11. The van der Waals surface area contributed by atoms with Gasteiger partial charge in [-0.15, -0.1) is 0 Å². The minimum absolute atomic E-state index is 0.467. The number of nitrogens with zero attached hydrogens (tertiary/aromatic N) is 4. The van der Waals surface area contributed by atoms with Crippen LogP contribution in [0.15, 0.2) is 36.7 Å². The summed E-state index contributed by atoms with van der Waals surface area (Å²) < 4.78 is 1.90. The van der Waals surface area contributed by atoms with E-state index in [1.807, 2.05) is 30.1 Å². The van der Waals surface area contributed by atoms with E-state index in [1.54, 1.807) is 0 Å². The molecule has 0 amide bonds. The number of benzene rings is 1. The molecule has 1 N–H and O–H groups in total. The molecule has 136 valence electrons. The van der Waals surface area contributed by atoms with Crippen molar-refractivity contribution in [2.75, 3.05) is 13.1 Å². The fourth-order valence-electron chi connectivity index (χ4n) is 3.95. The second-order valence-corrected chi connectivity index (χ2v) is 7.63. The number of aromatic amines is 1. The van der Waals surface area contributed by atoms with Gasteiger partial charge in [0.1, 0.15) is 0 Å². The molecule has 1 atom stereocenters. The van der Waals surface area contributed by atoms with Crippen LogP contribution in [0.1, 0.15) is 35.7 Å². The van der Waals surface area contributed by atoms with Crippen LogP contribution in [0.4, 0.5) is 0 Å². The molecule has 5 nitrogen and oxygen atoms in total. The number of rotatable bonds is 4. The maximum absolute atomic E-state index is 6.04. The third-order valence-corrected chi connectivity index (χ3v) is 5.50. The summed E-state index contributed by atoms with van der Waals surface area (Å²) in [6.07, 6.45) is 6.45. The van der Waals surface area contributed by atoms with Crippen molar-refractivity contribution in [3.8, 4) is 11.1 Å². The zero-order valence-corrected chi connectivity index (χ0v) is 16.0. The fourth-order valence-corrected chi connectivity index (χ4v) is 4.07. The number of likely N-dealkylation sites (tertiary alicyclic amines) is 1. The topological polar surface area (TPSA) is 49.7 Å². The first-order chi connectivity index (χ1) is 12.6. The van der Waals surface area contributed by atoms with Crippen LogP contribution >= 0.6 is 11.6 Å². The van der Waals surface area contributed by atoms with E-state index in [4.69, 9.17) is 11.6 Å². The van der Waals surface area contributed by atoms with E-state index in [9.17, 15) is 0 Å². The summed E-state index contributed by atoms with van der Waals surface area (Å²) in [5.41, 5.74) is 6.03. The number of piperidine rings is 1. The minimum atomic E-state index is 0.467. The summed E-state index contributed by atoms with van der Waals surface area (Å²) in [6, 6.07) is 8.00. The van der Waals surface area contributed by atoms with Gasteiger partial charge in [0.25, 0.3) is 0 Å². The molecule has 1 aromatic carbocycles. The number of halogens is 1. The largest absolute Gasteiger partial charge is 0.298 e. The van der Waals surface area contributed by atoms with Crippen LogP contribution < -0.4 is 0 Å². The third kappa shape index (κ3) is 3.55. The second-order valence-electron chi connectivity index (χ2n) is 7.19. The van der Waals surface area contributed by atoms with E-state index < -0.39 is 0 Å². The van der Waals surface area contributed by atoms with Gasteiger partial charge in [0.2, 0.25) is 0 Å². The molecule has 6 heteroatoms. The lowest BCUT2D eigenvalue weighted by Gasteiger charge is -2.32. The molecule has 3 aromatic rings. The quantitative estimate of drug-likeness (QED) is 0.751. The Bertz CT molecular complexity index is 880. The normalized spacial score (nSPS) is 18.3. The summed E-state index contributed by atoms with van der Waals surface area (Å²) in [7, 11) is 1.98. The smallest absolute Gasteiger partial charge is 0.0638 e. The van der Waals surface area contributed by atoms with Gasteiger partial charge in [0, 0.05) is 54.1 Å². The van der Waals surface area contributed by atoms with E-state index in [2.05, 4.69) is 45.4 Å². The second kappa shape index (κ2) is 7.25. The Morgan fingerprint density at radius 2 is 2.08 bits per heavy atom. The highest BCUT2D eigenvalue weighted by Gasteiger charge is 2.25. The van der Waals surface area contributed by atoms with Gasteiger partial charge >= 0.3 is 0 Å². The van der Waals surface area contributed by atoms with Crippen molar-refractivity contribution in [2.45, 2.75) is 32.2 Å². The number of nitrogens with one attached hydrogen (secondary N) is 1. The molecule has 26 heavy (non-hydrogen) atoms. The van der Waals surface area contributed by atoms with Gasteiger partial charge in [-0.1, -0.05) is 23.7 Å². The van der Waals surface area contributed by atoms with Gasteiger partial charge < -0.3 is 0 Å². The van der Waals surface area contributed by atoms with Crippen molar-refractivity contribution < 1.29 is 0 Å². The van der Waals surface area contributed by atoms with Crippen molar-refractivity contribution in [3.63, 3.8) is 0 Å². The standard InChI is InChI=1S/C20H24ClN5/c1-14-17(11-25(2)24-14)13-26-9-3-4-16(12-26)20-19(10-22-23-20)15-5-7-18(21)8-6-15/h5-8,10-11,16H,3-4,9,12-13H2,1-2H3,(H,22,23)/t16-/m1/s1. The van der Waals surface area contributed by atoms with Gasteiger partial charge in [-0.25, -0.2) is 0 Å². The average Bonchev–Trinajstić information content (AvgIpc) is 3.23. The summed E-state index contributed by atoms with van der Waals surface area (Å²) >= 11 is 6.04. The zero-order valence-electron chi connectivity index (χ0n) is 15.2. The van der Waals surface area contributed by atoms with E-state index >= 15 is 0 Å². The summed E-state index contributed by atoms with van der Waals surface area (Å²) in [5.74, 6) is 0.467. The number of hydrogen-bond donors (Lipinski definition) is 1. The number of H-pyrrole nitrogens is 1. The van der Waals surface area contributed by atoms with Crippen LogP contribution in [0.3, 0.4) is 0 Å². The predicted octanol–water partition coefficient (Wildman–Crippen LogP) is 4.15. The van der Waals surface area contributed by atoms with Crippen LogP contribution in [0.25, 0.3) is 11.1 Å². The van der Waals surface area contributed by atoms with Crippen LogP contribution in [-0.2, 0) is 13.6 Å². The van der Waals surface area contributed by atoms with E-state index in [-0.39, 0.29) is 0 Å². The Morgan fingerprint density at radius 1 is 1.27 bits per heavy atom. The number of aromatic nitrogens is 4. The molecular weight excluding hydrogens is 346 g/mol. The average molecular weight is 370 g/mol. The molecule has 0 unspecified atom stereocenters. The van der Waals surface area contributed by atoms with Crippen LogP contribution in [-0.4, -0.2) is 38.0 Å². The summed E-state index contributed by atoms with van der Waals surface area (Å²) in [6.45, 7) is 5.22. The number of hydrogen-bond acceptors (Lipinski definition) is 3. The molecule has 1 fully saturated rings. The Morgan fingerprint density at radius 3 is 2.81 bits per heavy atom. The molecule has 0 bridgehead atoms. The molecule has 2 aromatic heterocycles. The summed E-state index contributed by atoms with van der Waals surface area (Å²) in [4.78, 5) is 2.53. The molecule has 1 aliphatic heterocycles. The molecule has 4 rings (SSSR count). The number of aryl methyl sites for hydroxylation is 2. The SMILES string of the molecule is Cc1nn(C)cc1CN1CCC[C@@H](c2[nH]ncc2-c2ccc(Cl)cc2)C1. The van der Waals surface area contributed by atoms with Crippen LogP contribution in [0, 0.1) is 6.92 Å². The lowest BCUT2D eigenvalue weighted by Crippen LogP contribution is -2.34. The lowest BCUT2D eigenvalue weighted by atomic mass is 9.90. The van der Waals surface area contributed by atoms with Crippen molar-refractivity contribution >= 4 is 11.6 Å². The Labute approximate surface area is 159 Å². The highest BCUT2D eigenvalue weighted by molar-refractivity contribution is 6.30. The van der Waals surface area contributed by atoms with Gasteiger partial charge in [-0.05, 0) is 44.0 Å². The minimum Gasteiger partial charge on any atom is -0.298 e. The Kier molecular flexibility index (Phi) is 4.83. The molecule has 1 saturated heterocycles. The molecule has 1 aliphatic rings. The van der Waals surface area contributed by atoms with Gasteiger partial charge in [-0.3, -0.25) is 14.7 Å². The maximum atomic E-state index is 6.04. The van der Waals surface area contributed by atoms with E-state index in [0.717, 1.165) is 30.4 Å². The lowest BCUT2D eigenvalue weighted by molar-refractivity contribution is 0.198. The monoisotopic (exact) mass is 369 g/mol. The van der Waals surface area contributed by atoms with Gasteiger partial charge in [0.15, 0.2) is 0 Å². The highest BCUT2D eigenvalue weighted by Crippen LogP contribution is 2.33. The molecule has 0 spiro atoms. The van der Waals surface area contributed by atoms with Crippen LogP contribution in [0.5, 0.6) is 0 Å². The van der Waals surface area contributed by atoms with Crippen molar-refractivity contribution in [3.05, 3.63) is 58.6 Å².